The minimum atomic E-state index is -0.304. The zero-order chi connectivity index (χ0) is 16.7. The zero-order valence-electron chi connectivity index (χ0n) is 12.7. The Morgan fingerprint density at radius 2 is 1.75 bits per heavy atom. The van der Waals surface area contributed by atoms with Gasteiger partial charge in [0.25, 0.3) is 5.56 Å². The molecule has 24 heavy (non-hydrogen) atoms. The van der Waals surface area contributed by atoms with E-state index in [9.17, 15) is 9.18 Å². The molecule has 0 saturated carbocycles. The van der Waals surface area contributed by atoms with E-state index in [1.54, 1.807) is 18.2 Å². The number of fused-ring (bicyclic) bond motifs is 1. The second kappa shape index (κ2) is 5.65. The first-order valence-electron chi connectivity index (χ1n) is 7.34. The van der Waals surface area contributed by atoms with Crippen molar-refractivity contribution < 1.29 is 4.39 Å². The van der Waals surface area contributed by atoms with E-state index in [2.05, 4.69) is 10.2 Å². The van der Waals surface area contributed by atoms with Gasteiger partial charge in [0.15, 0.2) is 5.82 Å². The van der Waals surface area contributed by atoms with Gasteiger partial charge >= 0.3 is 0 Å². The zero-order valence-corrected chi connectivity index (χ0v) is 13.5. The smallest absolute Gasteiger partial charge is 0.267 e. The third-order valence-corrected chi connectivity index (χ3v) is 4.69. The molecule has 2 aromatic heterocycles. The lowest BCUT2D eigenvalue weighted by Crippen LogP contribution is -2.23. The van der Waals surface area contributed by atoms with Crippen LogP contribution in [-0.2, 0) is 0 Å². The second-order valence-corrected chi connectivity index (χ2v) is 6.48. The van der Waals surface area contributed by atoms with Crippen LogP contribution in [-0.4, -0.2) is 14.6 Å². The summed E-state index contributed by atoms with van der Waals surface area (Å²) in [5.74, 6) is 0.228. The predicted octanol–water partition coefficient (Wildman–Crippen LogP) is 2.81. The van der Waals surface area contributed by atoms with Gasteiger partial charge < -0.3 is 0 Å². The van der Waals surface area contributed by atoms with Gasteiger partial charge in [-0.15, -0.1) is 10.2 Å². The van der Waals surface area contributed by atoms with Gasteiger partial charge in [-0.1, -0.05) is 53.3 Å². The molecule has 4 nitrogen and oxygen atoms in total. The van der Waals surface area contributed by atoms with Crippen LogP contribution < -0.4 is 10.1 Å². The number of aromatic nitrogens is 3. The van der Waals surface area contributed by atoms with Crippen molar-refractivity contribution in [3.05, 3.63) is 80.4 Å². The van der Waals surface area contributed by atoms with Crippen LogP contribution in [0.4, 0.5) is 4.39 Å². The lowest BCUT2D eigenvalue weighted by molar-refractivity contribution is 0.628. The molecule has 0 fully saturated rings. The van der Waals surface area contributed by atoms with Crippen molar-refractivity contribution in [3.63, 3.8) is 0 Å². The van der Waals surface area contributed by atoms with Crippen LogP contribution >= 0.6 is 11.3 Å². The minimum absolute atomic E-state index is 0.167. The number of rotatable bonds is 2. The van der Waals surface area contributed by atoms with Gasteiger partial charge in [-0.2, -0.15) is 0 Å². The molecule has 0 unspecified atom stereocenters. The first-order chi connectivity index (χ1) is 11.6. The maximum atomic E-state index is 13.0. The number of hydrogen-bond donors (Lipinski definition) is 0. The maximum absolute atomic E-state index is 13.0. The number of nitrogens with zero attached hydrogens (tertiary/aromatic N) is 3. The molecule has 0 aliphatic rings. The van der Waals surface area contributed by atoms with Gasteiger partial charge in [0.2, 0.25) is 4.96 Å². The summed E-state index contributed by atoms with van der Waals surface area (Å²) in [5.41, 5.74) is 2.58. The summed E-state index contributed by atoms with van der Waals surface area (Å²) in [6, 6.07) is 13.8. The van der Waals surface area contributed by atoms with Crippen LogP contribution in [0.5, 0.6) is 0 Å². The summed E-state index contributed by atoms with van der Waals surface area (Å²) in [7, 11) is 0. The Hall–Kier alpha value is -2.86. The predicted molar refractivity (Wildman–Crippen MR) is 92.5 cm³/mol. The normalized spacial score (nSPS) is 12.2. The van der Waals surface area contributed by atoms with Gasteiger partial charge in [-0.3, -0.25) is 4.79 Å². The van der Waals surface area contributed by atoms with Crippen molar-refractivity contribution in [1.82, 2.24) is 14.6 Å². The molecule has 2 aromatic carbocycles. The number of halogens is 1. The molecular weight excluding hydrogens is 325 g/mol. The van der Waals surface area contributed by atoms with Crippen molar-refractivity contribution in [3.8, 4) is 11.4 Å². The monoisotopic (exact) mass is 337 g/mol. The van der Waals surface area contributed by atoms with E-state index in [0.717, 1.165) is 16.7 Å². The van der Waals surface area contributed by atoms with E-state index in [-0.39, 0.29) is 11.4 Å². The highest BCUT2D eigenvalue weighted by atomic mass is 32.1. The molecule has 0 amide bonds. The third-order valence-electron chi connectivity index (χ3n) is 3.73. The lowest BCUT2D eigenvalue weighted by atomic mass is 10.1. The van der Waals surface area contributed by atoms with Gasteiger partial charge in [0.05, 0.1) is 4.53 Å². The Labute approximate surface area is 140 Å². The number of thiazole rings is 1. The average Bonchev–Trinajstić information content (AvgIpc) is 3.12. The lowest BCUT2D eigenvalue weighted by Gasteiger charge is -1.97. The summed E-state index contributed by atoms with van der Waals surface area (Å²) in [5, 5.41) is 8.24. The van der Waals surface area contributed by atoms with Crippen molar-refractivity contribution in [2.24, 2.45) is 0 Å². The molecule has 4 rings (SSSR count). The quantitative estimate of drug-likeness (QED) is 0.565. The van der Waals surface area contributed by atoms with E-state index in [1.807, 2.05) is 31.2 Å². The van der Waals surface area contributed by atoms with Crippen molar-refractivity contribution in [2.75, 3.05) is 0 Å². The topological polar surface area (TPSA) is 47.3 Å². The summed E-state index contributed by atoms with van der Waals surface area (Å²) in [4.78, 5) is 13.3. The third kappa shape index (κ3) is 2.51. The van der Waals surface area contributed by atoms with Gasteiger partial charge in [0.1, 0.15) is 5.82 Å². The van der Waals surface area contributed by atoms with E-state index in [1.165, 1.54) is 27.9 Å². The van der Waals surface area contributed by atoms with Crippen LogP contribution in [0.1, 0.15) is 11.1 Å². The summed E-state index contributed by atoms with van der Waals surface area (Å²) in [6.45, 7) is 2.00. The van der Waals surface area contributed by atoms with E-state index >= 15 is 0 Å². The number of benzene rings is 2. The Bertz CT molecular complexity index is 1130. The summed E-state index contributed by atoms with van der Waals surface area (Å²) in [6.07, 6.45) is 1.74. The van der Waals surface area contributed by atoms with Crippen LogP contribution in [0.25, 0.3) is 22.4 Å². The van der Waals surface area contributed by atoms with Crippen LogP contribution in [0.3, 0.4) is 0 Å². The van der Waals surface area contributed by atoms with E-state index < -0.39 is 0 Å². The van der Waals surface area contributed by atoms with Gasteiger partial charge in [-0.05, 0) is 30.7 Å². The molecule has 0 N–H and O–H groups in total. The molecule has 0 bridgehead atoms. The fraction of sp³-hybridized carbons (Fsp3) is 0.0556. The molecule has 0 spiro atoms. The van der Waals surface area contributed by atoms with Crippen LogP contribution in [0.15, 0.2) is 53.3 Å². The van der Waals surface area contributed by atoms with Gasteiger partial charge in [-0.25, -0.2) is 8.79 Å². The first-order valence-corrected chi connectivity index (χ1v) is 8.16. The van der Waals surface area contributed by atoms with Crippen molar-refractivity contribution in [1.29, 1.82) is 0 Å². The maximum Gasteiger partial charge on any atom is 0.276 e. The SMILES string of the molecule is Cc1ccc(-c2nnc3s/c(=C/c4ccc(F)cc4)c(=O)n23)cc1. The van der Waals surface area contributed by atoms with E-state index in [4.69, 9.17) is 0 Å². The Morgan fingerprint density at radius 3 is 2.46 bits per heavy atom. The molecule has 4 aromatic rings. The summed E-state index contributed by atoms with van der Waals surface area (Å²) < 4.78 is 15.1. The molecule has 0 atom stereocenters. The first kappa shape index (κ1) is 14.7. The number of hydrogen-bond acceptors (Lipinski definition) is 4. The molecule has 2 heterocycles. The van der Waals surface area contributed by atoms with Crippen LogP contribution in [0, 0.1) is 12.7 Å². The van der Waals surface area contributed by atoms with Gasteiger partial charge in [0, 0.05) is 5.56 Å². The average molecular weight is 337 g/mol. The Morgan fingerprint density at radius 1 is 1.04 bits per heavy atom. The highest BCUT2D eigenvalue weighted by Gasteiger charge is 2.13. The Balaban J connectivity index is 1.89. The highest BCUT2D eigenvalue weighted by Crippen LogP contribution is 2.18. The fourth-order valence-corrected chi connectivity index (χ4v) is 3.38. The molecule has 6 heteroatoms. The molecule has 0 radical (unpaired) electrons. The second-order valence-electron chi connectivity index (χ2n) is 5.47. The minimum Gasteiger partial charge on any atom is -0.267 e. The van der Waals surface area contributed by atoms with Crippen molar-refractivity contribution in [2.45, 2.75) is 6.92 Å². The molecule has 0 aliphatic carbocycles. The standard InChI is InChI=1S/C18H12FN3OS/c1-11-2-6-13(7-3-11)16-20-21-18-22(16)17(23)15(24-18)10-12-4-8-14(19)9-5-12/h2-10H,1H3/b15-10+. The molecule has 0 saturated heterocycles. The van der Waals surface area contributed by atoms with Crippen LogP contribution in [0.2, 0.25) is 0 Å². The summed E-state index contributed by atoms with van der Waals surface area (Å²) >= 11 is 1.27. The number of aryl methyl sites for hydroxylation is 1. The van der Waals surface area contributed by atoms with E-state index in [0.29, 0.717) is 15.3 Å². The fourth-order valence-electron chi connectivity index (χ4n) is 2.46. The molecular formula is C18H12FN3OS. The molecule has 118 valence electrons. The largest absolute Gasteiger partial charge is 0.276 e. The Kier molecular flexibility index (Phi) is 3.46. The molecule has 0 aliphatic heterocycles. The van der Waals surface area contributed by atoms with Crippen molar-refractivity contribution >= 4 is 22.4 Å². The highest BCUT2D eigenvalue weighted by molar-refractivity contribution is 7.15.